The maximum absolute atomic E-state index is 12.7. The van der Waals surface area contributed by atoms with Gasteiger partial charge in [-0.15, -0.1) is 0 Å². The summed E-state index contributed by atoms with van der Waals surface area (Å²) in [6.45, 7) is 1.71. The van der Waals surface area contributed by atoms with E-state index in [1.165, 1.54) is 0 Å². The fourth-order valence-corrected chi connectivity index (χ4v) is 3.54. The molecule has 28 heavy (non-hydrogen) atoms. The smallest absolute Gasteiger partial charge is 0.253 e. The van der Waals surface area contributed by atoms with E-state index in [0.29, 0.717) is 30.2 Å². The summed E-state index contributed by atoms with van der Waals surface area (Å²) in [5, 5.41) is 3.61. The quantitative estimate of drug-likeness (QED) is 0.806. The van der Waals surface area contributed by atoms with Crippen molar-refractivity contribution >= 4 is 23.4 Å². The molecule has 1 saturated heterocycles. The van der Waals surface area contributed by atoms with Crippen LogP contribution in [0.2, 0.25) is 5.02 Å². The van der Waals surface area contributed by atoms with E-state index >= 15 is 0 Å². The number of ether oxygens (including phenoxy) is 1. The Balaban J connectivity index is 1.49. The maximum Gasteiger partial charge on any atom is 0.253 e. The second-order valence-electron chi connectivity index (χ2n) is 6.99. The number of hydrogen-bond acceptors (Lipinski definition) is 3. The van der Waals surface area contributed by atoms with Crippen molar-refractivity contribution in [3.8, 4) is 5.75 Å². The van der Waals surface area contributed by atoms with Crippen molar-refractivity contribution in [2.24, 2.45) is 5.92 Å². The molecule has 1 fully saturated rings. The first-order valence-electron chi connectivity index (χ1n) is 9.52. The minimum absolute atomic E-state index is 0.0158. The first kappa shape index (κ1) is 20.2. The Labute approximate surface area is 170 Å². The van der Waals surface area contributed by atoms with E-state index in [1.807, 2.05) is 24.3 Å². The number of nitrogens with zero attached hydrogens (tertiary/aromatic N) is 1. The van der Waals surface area contributed by atoms with E-state index in [-0.39, 0.29) is 17.7 Å². The molecule has 0 spiro atoms. The Morgan fingerprint density at radius 2 is 1.86 bits per heavy atom. The van der Waals surface area contributed by atoms with E-state index in [4.69, 9.17) is 16.3 Å². The van der Waals surface area contributed by atoms with Crippen LogP contribution in [0.4, 0.5) is 0 Å². The van der Waals surface area contributed by atoms with E-state index in [9.17, 15) is 9.59 Å². The molecule has 0 bridgehead atoms. The highest BCUT2D eigenvalue weighted by atomic mass is 35.5. The van der Waals surface area contributed by atoms with E-state index in [2.05, 4.69) is 5.32 Å². The monoisotopic (exact) mass is 400 g/mol. The first-order valence-corrected chi connectivity index (χ1v) is 9.90. The van der Waals surface area contributed by atoms with Gasteiger partial charge in [0, 0.05) is 30.2 Å². The van der Waals surface area contributed by atoms with Crippen molar-refractivity contribution in [1.29, 1.82) is 0 Å². The third-order valence-corrected chi connectivity index (χ3v) is 5.29. The number of piperidine rings is 1. The minimum Gasteiger partial charge on any atom is -0.497 e. The molecule has 0 radical (unpaired) electrons. The summed E-state index contributed by atoms with van der Waals surface area (Å²) in [7, 11) is 1.64. The molecule has 1 aliphatic heterocycles. The zero-order valence-corrected chi connectivity index (χ0v) is 16.7. The lowest BCUT2D eigenvalue weighted by Gasteiger charge is -2.32. The summed E-state index contributed by atoms with van der Waals surface area (Å²) >= 11 is 5.89. The SMILES string of the molecule is COc1ccc(CCNC(=O)[C@H]2CCCN(C(=O)c3ccc(Cl)cc3)C2)cc1. The number of carbonyl (C=O) groups excluding carboxylic acids is 2. The van der Waals surface area contributed by atoms with Gasteiger partial charge in [-0.2, -0.15) is 0 Å². The molecule has 148 valence electrons. The second-order valence-corrected chi connectivity index (χ2v) is 7.42. The fourth-order valence-electron chi connectivity index (χ4n) is 3.42. The summed E-state index contributed by atoms with van der Waals surface area (Å²) in [6, 6.07) is 14.7. The standard InChI is InChI=1S/C22H25ClN2O3/c1-28-20-10-4-16(5-11-20)12-13-24-21(26)18-3-2-14-25(15-18)22(27)17-6-8-19(23)9-7-17/h4-11,18H,2-3,12-15H2,1H3,(H,24,26)/t18-/m0/s1. The molecule has 3 rings (SSSR count). The highest BCUT2D eigenvalue weighted by Gasteiger charge is 2.28. The molecular formula is C22H25ClN2O3. The average Bonchev–Trinajstić information content (AvgIpc) is 2.74. The lowest BCUT2D eigenvalue weighted by Crippen LogP contribution is -2.45. The molecule has 1 N–H and O–H groups in total. The largest absolute Gasteiger partial charge is 0.497 e. The van der Waals surface area contributed by atoms with Gasteiger partial charge < -0.3 is 15.0 Å². The molecule has 0 unspecified atom stereocenters. The summed E-state index contributed by atoms with van der Waals surface area (Å²) in [6.07, 6.45) is 2.39. The van der Waals surface area contributed by atoms with Crippen LogP contribution in [0.1, 0.15) is 28.8 Å². The van der Waals surface area contributed by atoms with Gasteiger partial charge in [0.25, 0.3) is 5.91 Å². The van der Waals surface area contributed by atoms with Crippen molar-refractivity contribution < 1.29 is 14.3 Å². The molecule has 2 amide bonds. The Kier molecular flexibility index (Phi) is 6.93. The van der Waals surface area contributed by atoms with Crippen LogP contribution in [-0.2, 0) is 11.2 Å². The van der Waals surface area contributed by atoms with Gasteiger partial charge in [0.2, 0.25) is 5.91 Å². The van der Waals surface area contributed by atoms with Gasteiger partial charge in [-0.25, -0.2) is 0 Å². The van der Waals surface area contributed by atoms with Crippen LogP contribution in [0.25, 0.3) is 0 Å². The van der Waals surface area contributed by atoms with Crippen LogP contribution < -0.4 is 10.1 Å². The van der Waals surface area contributed by atoms with Gasteiger partial charge in [-0.3, -0.25) is 9.59 Å². The van der Waals surface area contributed by atoms with Gasteiger partial charge in [0.05, 0.1) is 13.0 Å². The summed E-state index contributed by atoms with van der Waals surface area (Å²) in [4.78, 5) is 27.0. The van der Waals surface area contributed by atoms with Crippen LogP contribution in [0.5, 0.6) is 5.75 Å². The number of nitrogens with one attached hydrogen (secondary N) is 1. The number of amides is 2. The highest BCUT2D eigenvalue weighted by Crippen LogP contribution is 2.20. The third kappa shape index (κ3) is 5.26. The van der Waals surface area contributed by atoms with E-state index < -0.39 is 0 Å². The Morgan fingerprint density at radius 1 is 1.14 bits per heavy atom. The van der Waals surface area contributed by atoms with Gasteiger partial charge >= 0.3 is 0 Å². The van der Waals surface area contributed by atoms with Crippen molar-refractivity contribution in [2.45, 2.75) is 19.3 Å². The molecule has 0 aromatic heterocycles. The molecule has 2 aromatic rings. The molecule has 1 aliphatic rings. The summed E-state index contributed by atoms with van der Waals surface area (Å²) in [5.74, 6) is 0.621. The molecule has 0 aliphatic carbocycles. The van der Waals surface area contributed by atoms with Crippen molar-refractivity contribution in [1.82, 2.24) is 10.2 Å². The first-order chi connectivity index (χ1) is 13.6. The number of hydrogen-bond donors (Lipinski definition) is 1. The molecule has 6 heteroatoms. The van der Waals surface area contributed by atoms with E-state index in [0.717, 1.165) is 30.6 Å². The number of rotatable bonds is 6. The zero-order chi connectivity index (χ0) is 19.9. The molecule has 5 nitrogen and oxygen atoms in total. The van der Waals surface area contributed by atoms with Gasteiger partial charge in [-0.1, -0.05) is 23.7 Å². The van der Waals surface area contributed by atoms with Crippen LogP contribution in [-0.4, -0.2) is 43.5 Å². The molecular weight excluding hydrogens is 376 g/mol. The molecule has 1 atom stereocenters. The third-order valence-electron chi connectivity index (χ3n) is 5.04. The second kappa shape index (κ2) is 9.60. The molecule has 1 heterocycles. The Bertz CT molecular complexity index is 806. The van der Waals surface area contributed by atoms with Gasteiger partial charge in [-0.05, 0) is 61.2 Å². The maximum atomic E-state index is 12.7. The average molecular weight is 401 g/mol. The topological polar surface area (TPSA) is 58.6 Å². The number of benzene rings is 2. The number of halogens is 1. The number of carbonyl (C=O) groups is 2. The van der Waals surface area contributed by atoms with E-state index in [1.54, 1.807) is 36.3 Å². The van der Waals surface area contributed by atoms with Crippen LogP contribution in [0.15, 0.2) is 48.5 Å². The Hall–Kier alpha value is -2.53. The fraction of sp³-hybridized carbons (Fsp3) is 0.364. The predicted molar refractivity (Wildman–Crippen MR) is 110 cm³/mol. The molecule has 0 saturated carbocycles. The molecule has 2 aromatic carbocycles. The Morgan fingerprint density at radius 3 is 2.54 bits per heavy atom. The minimum atomic E-state index is -0.166. The zero-order valence-electron chi connectivity index (χ0n) is 16.0. The van der Waals surface area contributed by atoms with Gasteiger partial charge in [0.1, 0.15) is 5.75 Å². The number of likely N-dealkylation sites (tertiary alicyclic amines) is 1. The van der Waals surface area contributed by atoms with Crippen molar-refractivity contribution in [3.05, 3.63) is 64.7 Å². The lowest BCUT2D eigenvalue weighted by molar-refractivity contribution is -0.126. The summed E-state index contributed by atoms with van der Waals surface area (Å²) in [5.41, 5.74) is 1.74. The highest BCUT2D eigenvalue weighted by molar-refractivity contribution is 6.30. The van der Waals surface area contributed by atoms with Gasteiger partial charge in [0.15, 0.2) is 0 Å². The summed E-state index contributed by atoms with van der Waals surface area (Å²) < 4.78 is 5.15. The lowest BCUT2D eigenvalue weighted by atomic mass is 9.96. The predicted octanol–water partition coefficient (Wildman–Crippen LogP) is 3.56. The van der Waals surface area contributed by atoms with Crippen LogP contribution >= 0.6 is 11.6 Å². The number of methoxy groups -OCH3 is 1. The normalized spacial score (nSPS) is 16.5. The van der Waals surface area contributed by atoms with Crippen LogP contribution in [0.3, 0.4) is 0 Å². The van der Waals surface area contributed by atoms with Crippen molar-refractivity contribution in [2.75, 3.05) is 26.7 Å². The van der Waals surface area contributed by atoms with Crippen LogP contribution in [0, 0.1) is 5.92 Å². The van der Waals surface area contributed by atoms with Crippen molar-refractivity contribution in [3.63, 3.8) is 0 Å².